The summed E-state index contributed by atoms with van der Waals surface area (Å²) in [6, 6.07) is 22.4. The molecular weight excluding hydrogens is 396 g/mol. The van der Waals surface area contributed by atoms with Gasteiger partial charge in [-0.2, -0.15) is 0 Å². The normalized spacial score (nSPS) is 18.1. The molecule has 0 saturated carbocycles. The third kappa shape index (κ3) is 3.59. The van der Waals surface area contributed by atoms with Crippen molar-refractivity contribution < 1.29 is 9.59 Å². The number of benzene rings is 3. The van der Waals surface area contributed by atoms with Crippen molar-refractivity contribution >= 4 is 29.1 Å². The molecule has 3 aromatic rings. The number of carbonyl (C=O) groups is 2. The van der Waals surface area contributed by atoms with Crippen LogP contribution < -0.4 is 10.2 Å². The topological polar surface area (TPSA) is 49.4 Å². The molecule has 0 aliphatic carbocycles. The first-order valence-corrected chi connectivity index (χ1v) is 10.3. The van der Waals surface area contributed by atoms with Crippen molar-refractivity contribution in [2.24, 2.45) is 0 Å². The number of amides is 2. The summed E-state index contributed by atoms with van der Waals surface area (Å²) < 4.78 is 0. The Kier molecular flexibility index (Phi) is 5.35. The number of carbonyl (C=O) groups excluding carboxylic acids is 2. The van der Waals surface area contributed by atoms with E-state index in [1.54, 1.807) is 29.2 Å². The van der Waals surface area contributed by atoms with Crippen LogP contribution in [0.2, 0.25) is 5.02 Å². The zero-order valence-electron chi connectivity index (χ0n) is 17.0. The Morgan fingerprint density at radius 1 is 1.03 bits per heavy atom. The van der Waals surface area contributed by atoms with Crippen LogP contribution in [0.25, 0.3) is 0 Å². The smallest absolute Gasteiger partial charge is 0.259 e. The lowest BCUT2D eigenvalue weighted by Gasteiger charge is -2.44. The van der Waals surface area contributed by atoms with Crippen LogP contribution in [0.5, 0.6) is 0 Å². The second-order valence-corrected chi connectivity index (χ2v) is 8.27. The van der Waals surface area contributed by atoms with Crippen LogP contribution in [0, 0.1) is 6.92 Å². The second kappa shape index (κ2) is 7.96. The first kappa shape index (κ1) is 20.2. The van der Waals surface area contributed by atoms with Crippen LogP contribution in [-0.2, 0) is 17.8 Å². The molecule has 3 aromatic carbocycles. The number of hydrogen-bond acceptors (Lipinski definition) is 2. The maximum Gasteiger partial charge on any atom is 0.259 e. The standard InChI is InChI=1S/C25H23ClN2O2/c1-17-7-3-4-9-19(17)16-27-24(30)25(2)15-18-8-5-6-10-22(18)23(29)28(25)21-13-11-20(26)12-14-21/h3-14H,15-16H2,1-2H3,(H,27,30)/t25-/m0/s1. The van der Waals surface area contributed by atoms with E-state index in [9.17, 15) is 9.59 Å². The Morgan fingerprint density at radius 3 is 2.43 bits per heavy atom. The number of hydrogen-bond donors (Lipinski definition) is 1. The lowest BCUT2D eigenvalue weighted by molar-refractivity contribution is -0.126. The molecule has 1 heterocycles. The Morgan fingerprint density at radius 2 is 1.70 bits per heavy atom. The van der Waals surface area contributed by atoms with Crippen molar-refractivity contribution in [3.8, 4) is 0 Å². The molecule has 0 saturated heterocycles. The van der Waals surface area contributed by atoms with Gasteiger partial charge < -0.3 is 5.32 Å². The van der Waals surface area contributed by atoms with Crippen LogP contribution in [0.3, 0.4) is 0 Å². The van der Waals surface area contributed by atoms with Crippen molar-refractivity contribution in [3.63, 3.8) is 0 Å². The van der Waals surface area contributed by atoms with Gasteiger partial charge in [0.15, 0.2) is 0 Å². The third-order valence-corrected chi connectivity index (χ3v) is 6.01. The van der Waals surface area contributed by atoms with Gasteiger partial charge in [0.25, 0.3) is 5.91 Å². The largest absolute Gasteiger partial charge is 0.350 e. The molecule has 152 valence electrons. The van der Waals surface area contributed by atoms with E-state index in [0.717, 1.165) is 16.7 Å². The summed E-state index contributed by atoms with van der Waals surface area (Å²) in [6.07, 6.45) is 0.428. The molecule has 0 radical (unpaired) electrons. The molecule has 2 amide bonds. The van der Waals surface area contributed by atoms with Gasteiger partial charge in [0, 0.05) is 29.2 Å². The molecule has 5 heteroatoms. The van der Waals surface area contributed by atoms with Crippen molar-refractivity contribution in [3.05, 3.63) is 100 Å². The first-order valence-electron chi connectivity index (χ1n) is 9.91. The zero-order valence-corrected chi connectivity index (χ0v) is 17.7. The monoisotopic (exact) mass is 418 g/mol. The fourth-order valence-corrected chi connectivity index (χ4v) is 4.15. The number of anilines is 1. The average molecular weight is 419 g/mol. The predicted molar refractivity (Wildman–Crippen MR) is 120 cm³/mol. The second-order valence-electron chi connectivity index (χ2n) is 7.83. The molecule has 0 spiro atoms. The minimum Gasteiger partial charge on any atom is -0.350 e. The molecule has 30 heavy (non-hydrogen) atoms. The molecule has 1 N–H and O–H groups in total. The molecule has 1 atom stereocenters. The minimum absolute atomic E-state index is 0.187. The molecular formula is C25H23ClN2O2. The van der Waals surface area contributed by atoms with Gasteiger partial charge in [-0.1, -0.05) is 54.1 Å². The van der Waals surface area contributed by atoms with Gasteiger partial charge in [0.1, 0.15) is 5.54 Å². The summed E-state index contributed by atoms with van der Waals surface area (Å²) in [5.41, 5.74) is 3.24. The van der Waals surface area contributed by atoms with E-state index in [1.165, 1.54) is 0 Å². The highest BCUT2D eigenvalue weighted by atomic mass is 35.5. The number of halogens is 1. The van der Waals surface area contributed by atoms with Crippen LogP contribution in [0.15, 0.2) is 72.8 Å². The maximum atomic E-state index is 13.5. The average Bonchev–Trinajstić information content (AvgIpc) is 2.74. The number of nitrogens with zero attached hydrogens (tertiary/aromatic N) is 1. The highest BCUT2D eigenvalue weighted by Crippen LogP contribution is 2.36. The molecule has 4 rings (SSSR count). The zero-order chi connectivity index (χ0) is 21.3. The van der Waals surface area contributed by atoms with Gasteiger partial charge in [-0.15, -0.1) is 0 Å². The maximum absolute atomic E-state index is 13.5. The van der Waals surface area contributed by atoms with E-state index < -0.39 is 5.54 Å². The van der Waals surface area contributed by atoms with Gasteiger partial charge >= 0.3 is 0 Å². The molecule has 0 aromatic heterocycles. The van der Waals surface area contributed by atoms with Crippen LogP contribution in [-0.4, -0.2) is 17.4 Å². The first-order chi connectivity index (χ1) is 14.4. The summed E-state index contributed by atoms with van der Waals surface area (Å²) in [5.74, 6) is -0.378. The van der Waals surface area contributed by atoms with Gasteiger partial charge in [0.05, 0.1) is 0 Å². The lowest BCUT2D eigenvalue weighted by atomic mass is 9.82. The van der Waals surface area contributed by atoms with E-state index in [4.69, 9.17) is 11.6 Å². The van der Waals surface area contributed by atoms with E-state index in [0.29, 0.717) is 29.2 Å². The van der Waals surface area contributed by atoms with Crippen molar-refractivity contribution in [2.45, 2.75) is 32.4 Å². The highest BCUT2D eigenvalue weighted by Gasteiger charge is 2.47. The number of nitrogens with one attached hydrogen (secondary N) is 1. The van der Waals surface area contributed by atoms with Gasteiger partial charge in [-0.05, 0) is 60.9 Å². The fraction of sp³-hybridized carbons (Fsp3) is 0.200. The van der Waals surface area contributed by atoms with Crippen molar-refractivity contribution in [1.29, 1.82) is 0 Å². The summed E-state index contributed by atoms with van der Waals surface area (Å²) in [7, 11) is 0. The molecule has 4 nitrogen and oxygen atoms in total. The molecule has 0 bridgehead atoms. The minimum atomic E-state index is -1.07. The number of rotatable bonds is 4. The van der Waals surface area contributed by atoms with Gasteiger partial charge in [-0.25, -0.2) is 0 Å². The fourth-order valence-electron chi connectivity index (χ4n) is 4.03. The Hall–Kier alpha value is -3.11. The van der Waals surface area contributed by atoms with Crippen molar-refractivity contribution in [1.82, 2.24) is 5.32 Å². The summed E-state index contributed by atoms with van der Waals surface area (Å²) >= 11 is 6.05. The van der Waals surface area contributed by atoms with Crippen LogP contribution in [0.1, 0.15) is 34.0 Å². The molecule has 1 aliphatic rings. The van der Waals surface area contributed by atoms with Gasteiger partial charge in [0.2, 0.25) is 5.91 Å². The predicted octanol–water partition coefficient (Wildman–Crippen LogP) is 4.93. The SMILES string of the molecule is Cc1ccccc1CNC(=O)[C@]1(C)Cc2ccccc2C(=O)N1c1ccc(Cl)cc1. The molecule has 0 unspecified atom stereocenters. The van der Waals surface area contributed by atoms with E-state index in [1.807, 2.05) is 62.4 Å². The van der Waals surface area contributed by atoms with E-state index >= 15 is 0 Å². The Labute approximate surface area is 181 Å². The highest BCUT2D eigenvalue weighted by molar-refractivity contribution is 6.30. The summed E-state index contributed by atoms with van der Waals surface area (Å²) in [6.45, 7) is 4.25. The number of aryl methyl sites for hydroxylation is 1. The third-order valence-electron chi connectivity index (χ3n) is 5.75. The van der Waals surface area contributed by atoms with E-state index in [2.05, 4.69) is 5.32 Å². The van der Waals surface area contributed by atoms with E-state index in [-0.39, 0.29) is 11.8 Å². The Balaban J connectivity index is 1.71. The Bertz CT molecular complexity index is 1110. The van der Waals surface area contributed by atoms with Crippen LogP contribution >= 0.6 is 11.6 Å². The quantitative estimate of drug-likeness (QED) is 0.653. The molecule has 0 fully saturated rings. The molecule has 1 aliphatic heterocycles. The summed E-state index contributed by atoms with van der Waals surface area (Å²) in [4.78, 5) is 28.5. The summed E-state index contributed by atoms with van der Waals surface area (Å²) in [5, 5.41) is 3.63. The van der Waals surface area contributed by atoms with Gasteiger partial charge in [-0.3, -0.25) is 14.5 Å². The van der Waals surface area contributed by atoms with Crippen LogP contribution in [0.4, 0.5) is 5.69 Å². The van der Waals surface area contributed by atoms with Crippen molar-refractivity contribution in [2.75, 3.05) is 4.90 Å². The number of fused-ring (bicyclic) bond motifs is 1. The lowest BCUT2D eigenvalue weighted by Crippen LogP contribution is -2.63.